The molecule has 0 aromatic carbocycles. The van der Waals surface area contributed by atoms with Crippen molar-refractivity contribution in [3.63, 3.8) is 0 Å². The van der Waals surface area contributed by atoms with Gasteiger partial charge in [0.25, 0.3) is 0 Å². The highest BCUT2D eigenvalue weighted by Crippen LogP contribution is 2.49. The standard InChI is InChI=1S/C15H24N4/c1-12-4-5-15(10-12)6-9-19(11-15)14-13(18(2)3)16-7-8-17-14/h7-8,12H,4-6,9-11H2,1-3H3. The Kier molecular flexibility index (Phi) is 3.11. The zero-order valence-corrected chi connectivity index (χ0v) is 12.3. The van der Waals surface area contributed by atoms with Crippen LogP contribution in [0.2, 0.25) is 0 Å². The van der Waals surface area contributed by atoms with Gasteiger partial charge in [0.1, 0.15) is 0 Å². The van der Waals surface area contributed by atoms with E-state index in [0.717, 1.165) is 30.6 Å². The van der Waals surface area contributed by atoms with Gasteiger partial charge in [-0.25, -0.2) is 9.97 Å². The van der Waals surface area contributed by atoms with Crippen molar-refractivity contribution in [2.75, 3.05) is 37.0 Å². The van der Waals surface area contributed by atoms with Crippen molar-refractivity contribution in [3.8, 4) is 0 Å². The van der Waals surface area contributed by atoms with Crippen LogP contribution in [-0.4, -0.2) is 37.2 Å². The zero-order chi connectivity index (χ0) is 13.5. The SMILES string of the molecule is CC1CCC2(CCN(c3nccnc3N(C)C)C2)C1. The Bertz CT molecular complexity index is 459. The molecular weight excluding hydrogens is 236 g/mol. The summed E-state index contributed by atoms with van der Waals surface area (Å²) in [5.41, 5.74) is 0.556. The highest BCUT2D eigenvalue weighted by molar-refractivity contribution is 5.62. The molecule has 1 aromatic heterocycles. The molecule has 0 bridgehead atoms. The van der Waals surface area contributed by atoms with Crippen LogP contribution in [0.25, 0.3) is 0 Å². The number of aromatic nitrogens is 2. The number of hydrogen-bond acceptors (Lipinski definition) is 4. The maximum Gasteiger partial charge on any atom is 0.171 e. The van der Waals surface area contributed by atoms with Crippen LogP contribution in [-0.2, 0) is 0 Å². The number of anilines is 2. The molecule has 2 atom stereocenters. The number of hydrogen-bond donors (Lipinski definition) is 0. The normalized spacial score (nSPS) is 30.3. The van der Waals surface area contributed by atoms with E-state index in [1.54, 1.807) is 6.20 Å². The van der Waals surface area contributed by atoms with Gasteiger partial charge in [-0.15, -0.1) is 0 Å². The molecule has 2 fully saturated rings. The minimum Gasteiger partial charge on any atom is -0.360 e. The Balaban J connectivity index is 1.82. The van der Waals surface area contributed by atoms with E-state index in [2.05, 4.69) is 26.7 Å². The average Bonchev–Trinajstić information content (AvgIpc) is 2.97. The maximum absolute atomic E-state index is 4.58. The first-order valence-corrected chi connectivity index (χ1v) is 7.33. The van der Waals surface area contributed by atoms with Crippen molar-refractivity contribution in [3.05, 3.63) is 12.4 Å². The molecule has 3 rings (SSSR count). The largest absolute Gasteiger partial charge is 0.360 e. The molecule has 2 heterocycles. The van der Waals surface area contributed by atoms with Gasteiger partial charge < -0.3 is 9.80 Å². The summed E-state index contributed by atoms with van der Waals surface area (Å²) in [6.45, 7) is 4.69. The van der Waals surface area contributed by atoms with Crippen LogP contribution in [0, 0.1) is 11.3 Å². The van der Waals surface area contributed by atoms with E-state index in [9.17, 15) is 0 Å². The smallest absolute Gasteiger partial charge is 0.171 e. The Labute approximate surface area is 115 Å². The van der Waals surface area contributed by atoms with Crippen LogP contribution in [0.15, 0.2) is 12.4 Å². The van der Waals surface area contributed by atoms with E-state index in [1.807, 2.05) is 20.3 Å². The van der Waals surface area contributed by atoms with Gasteiger partial charge in [-0.3, -0.25) is 0 Å². The Morgan fingerprint density at radius 1 is 1.26 bits per heavy atom. The summed E-state index contributed by atoms with van der Waals surface area (Å²) in [4.78, 5) is 13.6. The third-order valence-corrected chi connectivity index (χ3v) is 4.77. The summed E-state index contributed by atoms with van der Waals surface area (Å²) in [6, 6.07) is 0. The fourth-order valence-electron chi connectivity index (χ4n) is 3.84. The van der Waals surface area contributed by atoms with Crippen LogP contribution in [0.3, 0.4) is 0 Å². The molecule has 19 heavy (non-hydrogen) atoms. The summed E-state index contributed by atoms with van der Waals surface area (Å²) in [5, 5.41) is 0. The molecule has 104 valence electrons. The predicted molar refractivity (Wildman–Crippen MR) is 78.6 cm³/mol. The molecule has 1 saturated heterocycles. The molecule has 1 aliphatic carbocycles. The lowest BCUT2D eigenvalue weighted by Crippen LogP contribution is -2.28. The lowest BCUT2D eigenvalue weighted by molar-refractivity contribution is 0.328. The van der Waals surface area contributed by atoms with Crippen LogP contribution in [0.4, 0.5) is 11.6 Å². The summed E-state index contributed by atoms with van der Waals surface area (Å²) < 4.78 is 0. The fraction of sp³-hybridized carbons (Fsp3) is 0.733. The molecule has 2 unspecified atom stereocenters. The van der Waals surface area contributed by atoms with Crippen molar-refractivity contribution in [2.24, 2.45) is 11.3 Å². The van der Waals surface area contributed by atoms with Crippen molar-refractivity contribution in [2.45, 2.75) is 32.6 Å². The second-order valence-electron chi connectivity index (χ2n) is 6.62. The monoisotopic (exact) mass is 260 g/mol. The molecule has 0 N–H and O–H groups in total. The van der Waals surface area contributed by atoms with Gasteiger partial charge in [0.15, 0.2) is 11.6 Å². The van der Waals surface area contributed by atoms with E-state index < -0.39 is 0 Å². The molecule has 1 aromatic rings. The molecule has 0 amide bonds. The van der Waals surface area contributed by atoms with E-state index in [-0.39, 0.29) is 0 Å². The molecule has 0 radical (unpaired) electrons. The van der Waals surface area contributed by atoms with Crippen LogP contribution >= 0.6 is 0 Å². The van der Waals surface area contributed by atoms with E-state index in [4.69, 9.17) is 0 Å². The van der Waals surface area contributed by atoms with Gasteiger partial charge in [0.05, 0.1) is 0 Å². The summed E-state index contributed by atoms with van der Waals surface area (Å²) in [6.07, 6.45) is 9.09. The quantitative estimate of drug-likeness (QED) is 0.818. The topological polar surface area (TPSA) is 32.3 Å². The van der Waals surface area contributed by atoms with Gasteiger partial charge in [0.2, 0.25) is 0 Å². The minimum absolute atomic E-state index is 0.556. The Morgan fingerprint density at radius 2 is 2.05 bits per heavy atom. The highest BCUT2D eigenvalue weighted by atomic mass is 15.3. The first-order valence-electron chi connectivity index (χ1n) is 7.33. The Morgan fingerprint density at radius 3 is 2.74 bits per heavy atom. The van der Waals surface area contributed by atoms with Gasteiger partial charge >= 0.3 is 0 Å². The third kappa shape index (κ3) is 2.28. The van der Waals surface area contributed by atoms with E-state index >= 15 is 0 Å². The fourth-order valence-corrected chi connectivity index (χ4v) is 3.84. The molecule has 1 spiro atoms. The molecule has 1 aliphatic heterocycles. The predicted octanol–water partition coefficient (Wildman–Crippen LogP) is 2.56. The van der Waals surface area contributed by atoms with Crippen molar-refractivity contribution in [1.29, 1.82) is 0 Å². The molecule has 1 saturated carbocycles. The summed E-state index contributed by atoms with van der Waals surface area (Å²) >= 11 is 0. The van der Waals surface area contributed by atoms with Crippen molar-refractivity contribution in [1.82, 2.24) is 9.97 Å². The Hall–Kier alpha value is -1.32. The lowest BCUT2D eigenvalue weighted by atomic mass is 9.85. The van der Waals surface area contributed by atoms with E-state index in [0.29, 0.717) is 5.41 Å². The first kappa shape index (κ1) is 12.7. The third-order valence-electron chi connectivity index (χ3n) is 4.77. The maximum atomic E-state index is 4.58. The van der Waals surface area contributed by atoms with Gasteiger partial charge in [-0.1, -0.05) is 13.3 Å². The van der Waals surface area contributed by atoms with Gasteiger partial charge in [-0.05, 0) is 30.6 Å². The molecule has 2 aliphatic rings. The number of rotatable bonds is 2. The van der Waals surface area contributed by atoms with Gasteiger partial charge in [-0.2, -0.15) is 0 Å². The molecular formula is C15H24N4. The van der Waals surface area contributed by atoms with Crippen LogP contribution < -0.4 is 9.80 Å². The molecule has 4 nitrogen and oxygen atoms in total. The zero-order valence-electron chi connectivity index (χ0n) is 12.3. The van der Waals surface area contributed by atoms with Crippen LogP contribution in [0.1, 0.15) is 32.6 Å². The summed E-state index contributed by atoms with van der Waals surface area (Å²) in [5.74, 6) is 2.95. The minimum atomic E-state index is 0.556. The van der Waals surface area contributed by atoms with Gasteiger partial charge in [0, 0.05) is 39.6 Å². The second-order valence-corrected chi connectivity index (χ2v) is 6.62. The number of nitrogens with zero attached hydrogens (tertiary/aromatic N) is 4. The van der Waals surface area contributed by atoms with E-state index in [1.165, 1.54) is 25.7 Å². The summed E-state index contributed by atoms with van der Waals surface area (Å²) in [7, 11) is 4.08. The second kappa shape index (κ2) is 4.66. The first-order chi connectivity index (χ1) is 9.10. The van der Waals surface area contributed by atoms with Crippen molar-refractivity contribution < 1.29 is 0 Å². The highest BCUT2D eigenvalue weighted by Gasteiger charge is 2.43. The lowest BCUT2D eigenvalue weighted by Gasteiger charge is -2.26. The molecule has 4 heteroatoms. The average molecular weight is 260 g/mol. The van der Waals surface area contributed by atoms with Crippen molar-refractivity contribution >= 4 is 11.6 Å². The van der Waals surface area contributed by atoms with Crippen LogP contribution in [0.5, 0.6) is 0 Å².